The van der Waals surface area contributed by atoms with Gasteiger partial charge in [-0.15, -0.1) is 0 Å². The Hall–Kier alpha value is -1.63. The first-order valence-corrected chi connectivity index (χ1v) is 7.22. The molecule has 0 aliphatic heterocycles. The number of hydrogen-bond donors (Lipinski definition) is 0. The van der Waals surface area contributed by atoms with Crippen LogP contribution < -0.4 is 10.4 Å². The van der Waals surface area contributed by atoms with Crippen molar-refractivity contribution in [3.8, 4) is 0 Å². The Balaban J connectivity index is 3.58. The van der Waals surface area contributed by atoms with Crippen LogP contribution >= 0.6 is 0 Å². The molecule has 0 bridgehead atoms. The van der Waals surface area contributed by atoms with Crippen molar-refractivity contribution in [3.05, 3.63) is 59.7 Å². The minimum absolute atomic E-state index is 0.156. The largest absolute Gasteiger partial charge is 0.337 e. The number of anilines is 1. The molecule has 4 radical (unpaired) electrons. The first-order valence-electron chi connectivity index (χ1n) is 7.22. The second-order valence-electron chi connectivity index (χ2n) is 5.91. The molecule has 3 heteroatoms. The summed E-state index contributed by atoms with van der Waals surface area (Å²) in [5, 5.41) is 0. The summed E-state index contributed by atoms with van der Waals surface area (Å²) in [7, 11) is 12.4. The van der Waals surface area contributed by atoms with E-state index in [-0.39, 0.29) is 5.54 Å². The number of nitrogens with zero attached hydrogens (tertiary/aromatic N) is 1. The third-order valence-corrected chi connectivity index (χ3v) is 3.06. The maximum Gasteiger partial charge on any atom is 0.116 e. The molecule has 21 heavy (non-hydrogen) atoms. The third-order valence-electron chi connectivity index (χ3n) is 3.06. The Morgan fingerprint density at radius 3 is 2.10 bits per heavy atom. The van der Waals surface area contributed by atoms with Gasteiger partial charge in [0.05, 0.1) is 0 Å². The second kappa shape index (κ2) is 7.40. The van der Waals surface area contributed by atoms with E-state index in [1.807, 2.05) is 62.4 Å². The zero-order valence-corrected chi connectivity index (χ0v) is 13.7. The lowest BCUT2D eigenvalue weighted by Crippen LogP contribution is -2.43. The van der Waals surface area contributed by atoms with Crippen molar-refractivity contribution < 1.29 is 0 Å². The molecule has 0 heterocycles. The quantitative estimate of drug-likeness (QED) is 0.599. The fraction of sp³-hybridized carbons (Fsp3) is 0.333. The Labute approximate surface area is 132 Å². The number of para-hydroxylation sites is 1. The number of benzene rings is 1. The van der Waals surface area contributed by atoms with Crippen molar-refractivity contribution >= 4 is 26.8 Å². The highest BCUT2D eigenvalue weighted by Crippen LogP contribution is 2.29. The van der Waals surface area contributed by atoms with E-state index < -0.39 is 0 Å². The number of allylic oxidation sites excluding steroid dienone is 5. The molecule has 1 aromatic carbocycles. The molecule has 0 aliphatic rings. The fourth-order valence-corrected chi connectivity index (χ4v) is 2.27. The van der Waals surface area contributed by atoms with Crippen LogP contribution in [0, 0.1) is 0 Å². The van der Waals surface area contributed by atoms with E-state index in [0.29, 0.717) is 5.47 Å². The highest BCUT2D eigenvalue weighted by atomic mass is 15.2. The Morgan fingerprint density at radius 2 is 1.62 bits per heavy atom. The van der Waals surface area contributed by atoms with Gasteiger partial charge >= 0.3 is 0 Å². The standard InChI is InChI=1S/C18H23B2N/c1-6-10-14(19)16(11-7-2)21(18(3,4)5)17-13-9-8-12-15(17)20/h6-13H,1-5H3/b10-6-,11-7-,16-14-. The van der Waals surface area contributed by atoms with E-state index in [1.54, 1.807) is 0 Å². The summed E-state index contributed by atoms with van der Waals surface area (Å²) < 4.78 is 0. The van der Waals surface area contributed by atoms with Crippen molar-refractivity contribution in [3.63, 3.8) is 0 Å². The van der Waals surface area contributed by atoms with Gasteiger partial charge in [0.1, 0.15) is 15.7 Å². The van der Waals surface area contributed by atoms with Gasteiger partial charge in [-0.2, -0.15) is 0 Å². The van der Waals surface area contributed by atoms with Crippen LogP contribution in [0.3, 0.4) is 0 Å². The maximum absolute atomic E-state index is 6.26. The minimum atomic E-state index is -0.156. The van der Waals surface area contributed by atoms with Crippen molar-refractivity contribution in [2.24, 2.45) is 0 Å². The van der Waals surface area contributed by atoms with E-state index in [4.69, 9.17) is 15.7 Å². The molecular weight excluding hydrogens is 252 g/mol. The maximum atomic E-state index is 6.26. The van der Waals surface area contributed by atoms with Crippen LogP contribution in [-0.2, 0) is 0 Å². The summed E-state index contributed by atoms with van der Waals surface area (Å²) in [6.45, 7) is 10.4. The predicted octanol–water partition coefficient (Wildman–Crippen LogP) is 3.62. The van der Waals surface area contributed by atoms with Crippen LogP contribution in [0.4, 0.5) is 5.69 Å². The van der Waals surface area contributed by atoms with E-state index in [0.717, 1.165) is 16.8 Å². The molecule has 1 nitrogen and oxygen atoms in total. The smallest absolute Gasteiger partial charge is 0.116 e. The van der Waals surface area contributed by atoms with Crippen molar-refractivity contribution in [2.45, 2.75) is 40.2 Å². The van der Waals surface area contributed by atoms with Crippen molar-refractivity contribution in [1.82, 2.24) is 0 Å². The topological polar surface area (TPSA) is 3.24 Å². The average molecular weight is 275 g/mol. The van der Waals surface area contributed by atoms with Crippen molar-refractivity contribution in [1.29, 1.82) is 0 Å². The molecule has 106 valence electrons. The molecule has 0 spiro atoms. The summed E-state index contributed by atoms with van der Waals surface area (Å²) in [6.07, 6.45) is 7.86. The highest BCUT2D eigenvalue weighted by molar-refractivity contribution is 6.36. The second-order valence-corrected chi connectivity index (χ2v) is 5.91. The predicted molar refractivity (Wildman–Crippen MR) is 96.5 cm³/mol. The molecule has 0 N–H and O–H groups in total. The van der Waals surface area contributed by atoms with E-state index in [1.165, 1.54) is 0 Å². The lowest BCUT2D eigenvalue weighted by Gasteiger charge is -2.40. The van der Waals surface area contributed by atoms with Gasteiger partial charge in [0.15, 0.2) is 0 Å². The monoisotopic (exact) mass is 275 g/mol. The van der Waals surface area contributed by atoms with Gasteiger partial charge < -0.3 is 4.90 Å². The van der Waals surface area contributed by atoms with Gasteiger partial charge in [0, 0.05) is 16.9 Å². The summed E-state index contributed by atoms with van der Waals surface area (Å²) >= 11 is 0. The SMILES string of the molecule is [B]C(/C=C\C)=C(/C=C\C)N(c1ccccc1[B])C(C)(C)C. The molecule has 0 aromatic heterocycles. The van der Waals surface area contributed by atoms with Gasteiger partial charge in [-0.1, -0.05) is 47.4 Å². The Morgan fingerprint density at radius 1 is 1.05 bits per heavy atom. The summed E-state index contributed by atoms with van der Waals surface area (Å²) in [4.78, 5) is 2.18. The number of rotatable bonds is 4. The van der Waals surface area contributed by atoms with Gasteiger partial charge in [0.25, 0.3) is 0 Å². The summed E-state index contributed by atoms with van der Waals surface area (Å²) in [5.74, 6) is 0. The first kappa shape index (κ1) is 17.4. The average Bonchev–Trinajstić information content (AvgIpc) is 2.39. The van der Waals surface area contributed by atoms with Crippen LogP contribution in [0.2, 0.25) is 0 Å². The third kappa shape index (κ3) is 4.42. The summed E-state index contributed by atoms with van der Waals surface area (Å²) in [5.41, 5.74) is 3.21. The molecule has 0 fully saturated rings. The van der Waals surface area contributed by atoms with Crippen LogP contribution in [0.25, 0.3) is 0 Å². The molecule has 0 aliphatic carbocycles. The first-order chi connectivity index (χ1) is 9.82. The van der Waals surface area contributed by atoms with Gasteiger partial charge in [-0.25, -0.2) is 0 Å². The summed E-state index contributed by atoms with van der Waals surface area (Å²) in [6, 6.07) is 7.86. The lowest BCUT2D eigenvalue weighted by molar-refractivity contribution is 0.546. The van der Waals surface area contributed by atoms with Gasteiger partial charge in [0.2, 0.25) is 0 Å². The molecular formula is C18H23B2N. The normalized spacial score (nSPS) is 13.8. The molecule has 0 atom stereocenters. The van der Waals surface area contributed by atoms with E-state index >= 15 is 0 Å². The molecule has 0 saturated carbocycles. The minimum Gasteiger partial charge on any atom is -0.337 e. The van der Waals surface area contributed by atoms with E-state index in [2.05, 4.69) is 25.7 Å². The Kier molecular flexibility index (Phi) is 6.14. The highest BCUT2D eigenvalue weighted by Gasteiger charge is 2.25. The van der Waals surface area contributed by atoms with Crippen LogP contribution in [0.5, 0.6) is 0 Å². The molecule has 1 rings (SSSR count). The molecule has 0 unspecified atom stereocenters. The molecule has 1 aromatic rings. The lowest BCUT2D eigenvalue weighted by atomic mass is 9.87. The fourth-order valence-electron chi connectivity index (χ4n) is 2.27. The van der Waals surface area contributed by atoms with Crippen molar-refractivity contribution in [2.75, 3.05) is 4.90 Å². The van der Waals surface area contributed by atoms with E-state index in [9.17, 15) is 0 Å². The number of hydrogen-bond acceptors (Lipinski definition) is 1. The van der Waals surface area contributed by atoms with Gasteiger partial charge in [-0.3, -0.25) is 0 Å². The zero-order chi connectivity index (χ0) is 16.0. The molecule has 0 saturated heterocycles. The molecule has 0 amide bonds. The van der Waals surface area contributed by atoms with Crippen LogP contribution in [0.15, 0.2) is 59.7 Å². The van der Waals surface area contributed by atoms with Gasteiger partial charge in [-0.05, 0) is 46.8 Å². The zero-order valence-electron chi connectivity index (χ0n) is 13.7. The van der Waals surface area contributed by atoms with Crippen LogP contribution in [0.1, 0.15) is 34.6 Å². The van der Waals surface area contributed by atoms with Crippen LogP contribution in [-0.4, -0.2) is 21.2 Å². The Bertz CT molecular complexity index is 563.